The number of hydrogen-bond donors (Lipinski definition) is 1. The maximum absolute atomic E-state index is 5.57. The van der Waals surface area contributed by atoms with Gasteiger partial charge in [-0.15, -0.1) is 0 Å². The fraction of sp³-hybridized carbons (Fsp3) is 0.500. The molecule has 0 fully saturated rings. The van der Waals surface area contributed by atoms with E-state index in [4.69, 9.17) is 4.74 Å². The lowest BCUT2D eigenvalue weighted by Crippen LogP contribution is -2.06. The van der Waals surface area contributed by atoms with Crippen LogP contribution in [0.2, 0.25) is 0 Å². The molecule has 2 rings (SSSR count). The first kappa shape index (κ1) is 9.53. The number of nitrogens with one attached hydrogen (secondary N) is 1. The molecule has 1 aromatic rings. The van der Waals surface area contributed by atoms with Crippen molar-refractivity contribution < 1.29 is 4.74 Å². The fourth-order valence-electron chi connectivity index (χ4n) is 2.07. The van der Waals surface area contributed by atoms with E-state index in [0.717, 1.165) is 18.9 Å². The lowest BCUT2D eigenvalue weighted by Gasteiger charge is -2.11. The Balaban J connectivity index is 2.42. The molecule has 0 radical (unpaired) electrons. The predicted molar refractivity (Wildman–Crippen MR) is 57.6 cm³/mol. The Morgan fingerprint density at radius 2 is 2.29 bits per heavy atom. The van der Waals surface area contributed by atoms with E-state index in [-0.39, 0.29) is 0 Å². The second kappa shape index (κ2) is 3.62. The lowest BCUT2D eigenvalue weighted by atomic mass is 10.0. The predicted octanol–water partition coefficient (Wildman–Crippen LogP) is 2.56. The molecule has 0 bridgehead atoms. The minimum Gasteiger partial charge on any atom is -0.494 e. The first-order valence-electron chi connectivity index (χ1n) is 5.22. The van der Waals surface area contributed by atoms with Crippen molar-refractivity contribution in [2.75, 3.05) is 6.61 Å². The molecule has 0 saturated heterocycles. The Bertz CT molecular complexity index is 346. The zero-order valence-electron chi connectivity index (χ0n) is 9.05. The van der Waals surface area contributed by atoms with Gasteiger partial charge in [-0.1, -0.05) is 6.07 Å². The van der Waals surface area contributed by atoms with Gasteiger partial charge in [0, 0.05) is 12.6 Å². The van der Waals surface area contributed by atoms with Crippen LogP contribution in [0.25, 0.3) is 0 Å². The molecule has 2 nitrogen and oxygen atoms in total. The summed E-state index contributed by atoms with van der Waals surface area (Å²) in [6.07, 6.45) is 0. The van der Waals surface area contributed by atoms with Crippen LogP contribution in [0.3, 0.4) is 0 Å². The summed E-state index contributed by atoms with van der Waals surface area (Å²) in [7, 11) is 0. The first-order valence-corrected chi connectivity index (χ1v) is 5.22. The molecule has 76 valence electrons. The van der Waals surface area contributed by atoms with Gasteiger partial charge in [-0.05, 0) is 43.5 Å². The minimum absolute atomic E-state index is 0.486. The normalized spacial score (nSPS) is 19.5. The highest BCUT2D eigenvalue weighted by molar-refractivity contribution is 5.47. The summed E-state index contributed by atoms with van der Waals surface area (Å²) < 4.78 is 5.57. The SMILES string of the molecule is CCOc1ccc2c(c1C)CN[C@H]2C. The number of rotatable bonds is 2. The van der Waals surface area contributed by atoms with E-state index in [2.05, 4.69) is 31.3 Å². The molecule has 0 saturated carbocycles. The highest BCUT2D eigenvalue weighted by atomic mass is 16.5. The van der Waals surface area contributed by atoms with Crippen molar-refractivity contribution in [3.05, 3.63) is 28.8 Å². The van der Waals surface area contributed by atoms with Gasteiger partial charge >= 0.3 is 0 Å². The Hall–Kier alpha value is -1.02. The van der Waals surface area contributed by atoms with Crippen molar-refractivity contribution in [3.8, 4) is 5.75 Å². The summed E-state index contributed by atoms with van der Waals surface area (Å²) in [6, 6.07) is 4.75. The Kier molecular flexibility index (Phi) is 2.46. The molecule has 1 atom stereocenters. The average Bonchev–Trinajstić information content (AvgIpc) is 2.54. The van der Waals surface area contributed by atoms with Crippen LogP contribution in [-0.2, 0) is 6.54 Å². The van der Waals surface area contributed by atoms with Gasteiger partial charge in [-0.25, -0.2) is 0 Å². The van der Waals surface area contributed by atoms with E-state index in [9.17, 15) is 0 Å². The zero-order chi connectivity index (χ0) is 10.1. The molecule has 14 heavy (non-hydrogen) atoms. The topological polar surface area (TPSA) is 21.3 Å². The number of fused-ring (bicyclic) bond motifs is 1. The smallest absolute Gasteiger partial charge is 0.122 e. The summed E-state index contributed by atoms with van der Waals surface area (Å²) >= 11 is 0. The van der Waals surface area contributed by atoms with Crippen LogP contribution in [0.5, 0.6) is 5.75 Å². The van der Waals surface area contributed by atoms with E-state index in [0.29, 0.717) is 6.04 Å². The fourth-order valence-corrected chi connectivity index (χ4v) is 2.07. The van der Waals surface area contributed by atoms with Crippen molar-refractivity contribution >= 4 is 0 Å². The van der Waals surface area contributed by atoms with Crippen molar-refractivity contribution in [2.45, 2.75) is 33.4 Å². The molecular weight excluding hydrogens is 174 g/mol. The van der Waals surface area contributed by atoms with E-state index in [1.165, 1.54) is 16.7 Å². The molecule has 0 spiro atoms. The molecule has 0 amide bonds. The third-order valence-corrected chi connectivity index (χ3v) is 2.94. The average molecular weight is 191 g/mol. The van der Waals surface area contributed by atoms with E-state index < -0.39 is 0 Å². The molecule has 1 N–H and O–H groups in total. The monoisotopic (exact) mass is 191 g/mol. The molecule has 1 aliphatic heterocycles. The van der Waals surface area contributed by atoms with Gasteiger partial charge in [0.15, 0.2) is 0 Å². The molecule has 0 aliphatic carbocycles. The Morgan fingerprint density at radius 1 is 1.50 bits per heavy atom. The standard InChI is InChI=1S/C12H17NO/c1-4-14-12-6-5-10-9(3)13-7-11(10)8(12)2/h5-6,9,13H,4,7H2,1-3H3/t9-/m0/s1. The summed E-state index contributed by atoms with van der Waals surface area (Å²) in [5.41, 5.74) is 4.13. The molecule has 0 aromatic heterocycles. The Morgan fingerprint density at radius 3 is 3.00 bits per heavy atom. The third kappa shape index (κ3) is 1.40. The summed E-state index contributed by atoms with van der Waals surface area (Å²) in [6.45, 7) is 8.08. The summed E-state index contributed by atoms with van der Waals surface area (Å²) in [5.74, 6) is 1.03. The third-order valence-electron chi connectivity index (χ3n) is 2.94. The van der Waals surface area contributed by atoms with E-state index >= 15 is 0 Å². The quantitative estimate of drug-likeness (QED) is 0.775. The summed E-state index contributed by atoms with van der Waals surface area (Å²) in [5, 5.41) is 3.44. The van der Waals surface area contributed by atoms with Crippen LogP contribution in [0.1, 0.15) is 36.6 Å². The second-order valence-electron chi connectivity index (χ2n) is 3.79. The van der Waals surface area contributed by atoms with Gasteiger partial charge < -0.3 is 10.1 Å². The maximum atomic E-state index is 5.57. The molecule has 1 heterocycles. The molecule has 0 unspecified atom stereocenters. The van der Waals surface area contributed by atoms with Gasteiger partial charge in [0.2, 0.25) is 0 Å². The highest BCUT2D eigenvalue weighted by Gasteiger charge is 2.20. The van der Waals surface area contributed by atoms with Gasteiger partial charge in [-0.3, -0.25) is 0 Å². The Labute approximate surface area is 85.3 Å². The zero-order valence-corrected chi connectivity index (χ0v) is 9.05. The van der Waals surface area contributed by atoms with Crippen LogP contribution in [0.15, 0.2) is 12.1 Å². The van der Waals surface area contributed by atoms with E-state index in [1.54, 1.807) is 0 Å². The number of ether oxygens (including phenoxy) is 1. The number of hydrogen-bond acceptors (Lipinski definition) is 2. The molecule has 2 heteroatoms. The lowest BCUT2D eigenvalue weighted by molar-refractivity contribution is 0.337. The molecule has 1 aromatic carbocycles. The number of benzene rings is 1. The van der Waals surface area contributed by atoms with Crippen molar-refractivity contribution in [1.82, 2.24) is 5.32 Å². The van der Waals surface area contributed by atoms with Crippen LogP contribution in [0.4, 0.5) is 0 Å². The molecule has 1 aliphatic rings. The maximum Gasteiger partial charge on any atom is 0.122 e. The van der Waals surface area contributed by atoms with Crippen LogP contribution in [0, 0.1) is 6.92 Å². The van der Waals surface area contributed by atoms with Crippen molar-refractivity contribution in [1.29, 1.82) is 0 Å². The highest BCUT2D eigenvalue weighted by Crippen LogP contribution is 2.32. The van der Waals surface area contributed by atoms with Crippen LogP contribution < -0.4 is 10.1 Å². The van der Waals surface area contributed by atoms with Crippen molar-refractivity contribution in [2.24, 2.45) is 0 Å². The van der Waals surface area contributed by atoms with Crippen molar-refractivity contribution in [3.63, 3.8) is 0 Å². The van der Waals surface area contributed by atoms with E-state index in [1.807, 2.05) is 6.92 Å². The van der Waals surface area contributed by atoms with Crippen LogP contribution in [-0.4, -0.2) is 6.61 Å². The van der Waals surface area contributed by atoms with Gasteiger partial charge in [0.1, 0.15) is 5.75 Å². The van der Waals surface area contributed by atoms with Crippen LogP contribution >= 0.6 is 0 Å². The second-order valence-corrected chi connectivity index (χ2v) is 3.79. The van der Waals surface area contributed by atoms with Gasteiger partial charge in [0.05, 0.1) is 6.61 Å². The van der Waals surface area contributed by atoms with Gasteiger partial charge in [-0.2, -0.15) is 0 Å². The van der Waals surface area contributed by atoms with Gasteiger partial charge in [0.25, 0.3) is 0 Å². The largest absolute Gasteiger partial charge is 0.494 e. The summed E-state index contributed by atoms with van der Waals surface area (Å²) in [4.78, 5) is 0. The first-order chi connectivity index (χ1) is 6.74. The molecular formula is C12H17NO. The minimum atomic E-state index is 0.486.